The Morgan fingerprint density at radius 3 is 2.94 bits per heavy atom. The molecular weight excluding hydrogens is 361 g/mol. The van der Waals surface area contributed by atoms with Crippen LogP contribution in [-0.2, 0) is 13.5 Å². The standard InChI is InChI=1S/C13H15ClIN3/c1-18-8-9(7-17-18)2-5-13(16)11-6-10(14)3-4-12(11)15/h3-4,6-8,13H,2,5,16H2,1H3. The van der Waals surface area contributed by atoms with Crippen molar-refractivity contribution >= 4 is 34.2 Å². The van der Waals surface area contributed by atoms with Crippen molar-refractivity contribution < 1.29 is 0 Å². The fourth-order valence-electron chi connectivity index (χ4n) is 1.88. The van der Waals surface area contributed by atoms with Gasteiger partial charge in [-0.25, -0.2) is 0 Å². The number of nitrogens with zero attached hydrogens (tertiary/aromatic N) is 2. The van der Waals surface area contributed by atoms with Crippen LogP contribution in [0.25, 0.3) is 0 Å². The van der Waals surface area contributed by atoms with Crippen molar-refractivity contribution in [2.45, 2.75) is 18.9 Å². The minimum Gasteiger partial charge on any atom is -0.324 e. The molecule has 0 amide bonds. The van der Waals surface area contributed by atoms with Gasteiger partial charge in [-0.15, -0.1) is 0 Å². The Morgan fingerprint density at radius 2 is 2.28 bits per heavy atom. The molecule has 2 N–H and O–H groups in total. The van der Waals surface area contributed by atoms with Gasteiger partial charge in [-0.3, -0.25) is 4.68 Å². The second kappa shape index (κ2) is 6.04. The summed E-state index contributed by atoms with van der Waals surface area (Å²) in [5.74, 6) is 0. The Morgan fingerprint density at radius 1 is 1.50 bits per heavy atom. The van der Waals surface area contributed by atoms with E-state index in [1.807, 2.05) is 42.3 Å². The third-order valence-electron chi connectivity index (χ3n) is 2.86. The van der Waals surface area contributed by atoms with Crippen LogP contribution >= 0.6 is 34.2 Å². The molecule has 18 heavy (non-hydrogen) atoms. The molecule has 2 rings (SSSR count). The first kappa shape index (κ1) is 13.8. The Labute approximate surface area is 125 Å². The molecular formula is C13H15ClIN3. The first-order valence-electron chi connectivity index (χ1n) is 5.74. The quantitative estimate of drug-likeness (QED) is 0.833. The fourth-order valence-corrected chi connectivity index (χ4v) is 2.79. The van der Waals surface area contributed by atoms with E-state index in [4.69, 9.17) is 17.3 Å². The van der Waals surface area contributed by atoms with Crippen molar-refractivity contribution in [1.82, 2.24) is 9.78 Å². The summed E-state index contributed by atoms with van der Waals surface area (Å²) in [5, 5.41) is 4.89. The molecule has 0 spiro atoms. The van der Waals surface area contributed by atoms with Gasteiger partial charge in [0.1, 0.15) is 0 Å². The number of hydrogen-bond acceptors (Lipinski definition) is 2. The molecule has 2 aromatic rings. The minimum absolute atomic E-state index is 0.0100. The second-order valence-corrected chi connectivity index (χ2v) is 5.93. The minimum atomic E-state index is 0.0100. The Balaban J connectivity index is 2.03. The lowest BCUT2D eigenvalue weighted by molar-refractivity contribution is 0.648. The zero-order valence-corrected chi connectivity index (χ0v) is 13.0. The molecule has 96 valence electrons. The highest BCUT2D eigenvalue weighted by Crippen LogP contribution is 2.25. The molecule has 1 aromatic carbocycles. The van der Waals surface area contributed by atoms with E-state index in [0.29, 0.717) is 0 Å². The van der Waals surface area contributed by atoms with E-state index in [2.05, 4.69) is 27.7 Å². The largest absolute Gasteiger partial charge is 0.324 e. The van der Waals surface area contributed by atoms with E-state index in [9.17, 15) is 0 Å². The predicted molar refractivity (Wildman–Crippen MR) is 82.6 cm³/mol. The molecule has 0 saturated carbocycles. The van der Waals surface area contributed by atoms with Gasteiger partial charge in [0.2, 0.25) is 0 Å². The molecule has 0 saturated heterocycles. The Hall–Kier alpha value is -0.590. The number of halogens is 2. The average Bonchev–Trinajstić information content (AvgIpc) is 2.75. The summed E-state index contributed by atoms with van der Waals surface area (Å²) in [7, 11) is 1.92. The van der Waals surface area contributed by atoms with Crippen LogP contribution in [-0.4, -0.2) is 9.78 Å². The summed E-state index contributed by atoms with van der Waals surface area (Å²) < 4.78 is 2.97. The molecule has 1 unspecified atom stereocenters. The molecule has 3 nitrogen and oxygen atoms in total. The van der Waals surface area contributed by atoms with E-state index >= 15 is 0 Å². The normalized spacial score (nSPS) is 12.7. The van der Waals surface area contributed by atoms with Crippen LogP contribution in [0.1, 0.15) is 23.6 Å². The van der Waals surface area contributed by atoms with Gasteiger partial charge in [0.05, 0.1) is 6.20 Å². The van der Waals surface area contributed by atoms with Gasteiger partial charge < -0.3 is 5.73 Å². The SMILES string of the molecule is Cn1cc(CCC(N)c2cc(Cl)ccc2I)cn1. The third-order valence-corrected chi connectivity index (χ3v) is 4.08. The van der Waals surface area contributed by atoms with Crippen LogP contribution in [0.15, 0.2) is 30.6 Å². The maximum atomic E-state index is 6.23. The topological polar surface area (TPSA) is 43.8 Å². The van der Waals surface area contributed by atoms with Crippen molar-refractivity contribution in [3.8, 4) is 0 Å². The van der Waals surface area contributed by atoms with E-state index in [-0.39, 0.29) is 6.04 Å². The van der Waals surface area contributed by atoms with Gasteiger partial charge in [0.25, 0.3) is 0 Å². The van der Waals surface area contributed by atoms with Crippen molar-refractivity contribution in [1.29, 1.82) is 0 Å². The molecule has 0 aliphatic rings. The lowest BCUT2D eigenvalue weighted by atomic mass is 10.0. The van der Waals surface area contributed by atoms with Gasteiger partial charge in [-0.1, -0.05) is 11.6 Å². The van der Waals surface area contributed by atoms with Gasteiger partial charge in [0, 0.05) is 27.9 Å². The molecule has 1 heterocycles. The van der Waals surface area contributed by atoms with Crippen LogP contribution in [0.3, 0.4) is 0 Å². The Bertz CT molecular complexity index is 539. The highest BCUT2D eigenvalue weighted by molar-refractivity contribution is 14.1. The highest BCUT2D eigenvalue weighted by atomic mass is 127. The third kappa shape index (κ3) is 3.46. The second-order valence-electron chi connectivity index (χ2n) is 4.33. The van der Waals surface area contributed by atoms with E-state index < -0.39 is 0 Å². The summed E-state index contributed by atoms with van der Waals surface area (Å²) in [4.78, 5) is 0. The maximum absolute atomic E-state index is 6.23. The summed E-state index contributed by atoms with van der Waals surface area (Å²) in [6, 6.07) is 5.86. The summed E-state index contributed by atoms with van der Waals surface area (Å²) >= 11 is 8.30. The number of rotatable bonds is 4. The van der Waals surface area contributed by atoms with Gasteiger partial charge in [-0.2, -0.15) is 5.10 Å². The van der Waals surface area contributed by atoms with Crippen molar-refractivity contribution in [2.75, 3.05) is 0 Å². The lowest BCUT2D eigenvalue weighted by Crippen LogP contribution is -2.12. The number of nitrogens with two attached hydrogens (primary N) is 1. The zero-order valence-electron chi connectivity index (χ0n) is 10.1. The van der Waals surface area contributed by atoms with Gasteiger partial charge in [-0.05, 0) is 64.8 Å². The number of benzene rings is 1. The average molecular weight is 376 g/mol. The highest BCUT2D eigenvalue weighted by Gasteiger charge is 2.11. The first-order chi connectivity index (χ1) is 8.56. The molecule has 1 aromatic heterocycles. The Kier molecular flexibility index (Phi) is 4.64. The first-order valence-corrected chi connectivity index (χ1v) is 7.20. The van der Waals surface area contributed by atoms with Gasteiger partial charge >= 0.3 is 0 Å². The van der Waals surface area contributed by atoms with Crippen LogP contribution < -0.4 is 5.73 Å². The van der Waals surface area contributed by atoms with E-state index in [1.165, 1.54) is 5.56 Å². The molecule has 0 radical (unpaired) electrons. The summed E-state index contributed by atoms with van der Waals surface area (Å²) in [6.07, 6.45) is 5.73. The van der Waals surface area contributed by atoms with Gasteiger partial charge in [0.15, 0.2) is 0 Å². The predicted octanol–water partition coefficient (Wildman–Crippen LogP) is 3.31. The van der Waals surface area contributed by atoms with E-state index in [1.54, 1.807) is 0 Å². The number of aromatic nitrogens is 2. The summed E-state index contributed by atoms with van der Waals surface area (Å²) in [6.45, 7) is 0. The summed E-state index contributed by atoms with van der Waals surface area (Å²) in [5.41, 5.74) is 8.56. The van der Waals surface area contributed by atoms with Crippen LogP contribution in [0, 0.1) is 3.57 Å². The fraction of sp³-hybridized carbons (Fsp3) is 0.308. The number of aryl methyl sites for hydroxylation is 2. The molecule has 0 bridgehead atoms. The molecule has 0 aliphatic carbocycles. The molecule has 1 atom stereocenters. The molecule has 0 fully saturated rings. The molecule has 5 heteroatoms. The molecule has 0 aliphatic heterocycles. The lowest BCUT2D eigenvalue weighted by Gasteiger charge is -2.13. The van der Waals surface area contributed by atoms with Crippen molar-refractivity contribution in [2.24, 2.45) is 12.8 Å². The van der Waals surface area contributed by atoms with Crippen molar-refractivity contribution in [3.05, 3.63) is 50.3 Å². The smallest absolute Gasteiger partial charge is 0.0521 e. The number of hydrogen-bond donors (Lipinski definition) is 1. The van der Waals surface area contributed by atoms with Crippen LogP contribution in [0.2, 0.25) is 5.02 Å². The zero-order chi connectivity index (χ0) is 13.1. The van der Waals surface area contributed by atoms with Crippen LogP contribution in [0.4, 0.5) is 0 Å². The maximum Gasteiger partial charge on any atom is 0.0521 e. The van der Waals surface area contributed by atoms with Crippen LogP contribution in [0.5, 0.6) is 0 Å². The van der Waals surface area contributed by atoms with E-state index in [0.717, 1.165) is 27.0 Å². The van der Waals surface area contributed by atoms with Crippen molar-refractivity contribution in [3.63, 3.8) is 0 Å². The monoisotopic (exact) mass is 375 g/mol.